The number of nitrogens with one attached hydrogen (secondary N) is 1. The molecule has 2 aromatic heterocycles. The molecule has 7 heteroatoms. The van der Waals surface area contributed by atoms with Gasteiger partial charge in [-0.1, -0.05) is 0 Å². The van der Waals surface area contributed by atoms with Crippen molar-refractivity contribution >= 4 is 5.91 Å². The summed E-state index contributed by atoms with van der Waals surface area (Å²) >= 11 is 0. The molecule has 138 valence electrons. The van der Waals surface area contributed by atoms with Gasteiger partial charge in [0.1, 0.15) is 11.4 Å². The SMILES string of the molecule is Cc1ncc(CNC(=O)c2ccc(C)n(C)c2=O)c([C@H]2CCCN2C)n1. The van der Waals surface area contributed by atoms with Gasteiger partial charge < -0.3 is 9.88 Å². The van der Waals surface area contributed by atoms with E-state index >= 15 is 0 Å². The molecular weight excluding hydrogens is 330 g/mol. The van der Waals surface area contributed by atoms with Crippen LogP contribution in [0.3, 0.4) is 0 Å². The van der Waals surface area contributed by atoms with Crippen molar-refractivity contribution < 1.29 is 4.79 Å². The predicted octanol–water partition coefficient (Wildman–Crippen LogP) is 1.49. The van der Waals surface area contributed by atoms with Gasteiger partial charge in [-0.2, -0.15) is 0 Å². The van der Waals surface area contributed by atoms with Crippen LogP contribution in [0.1, 0.15) is 52.0 Å². The fraction of sp³-hybridized carbons (Fsp3) is 0.474. The summed E-state index contributed by atoms with van der Waals surface area (Å²) in [7, 11) is 3.75. The van der Waals surface area contributed by atoms with Crippen LogP contribution in [0.25, 0.3) is 0 Å². The first-order chi connectivity index (χ1) is 12.4. The molecule has 1 saturated heterocycles. The second-order valence-corrected chi connectivity index (χ2v) is 6.90. The van der Waals surface area contributed by atoms with Gasteiger partial charge >= 0.3 is 0 Å². The fourth-order valence-corrected chi connectivity index (χ4v) is 3.36. The van der Waals surface area contributed by atoms with Gasteiger partial charge in [-0.25, -0.2) is 9.97 Å². The molecule has 0 saturated carbocycles. The number of hydrogen-bond acceptors (Lipinski definition) is 5. The third kappa shape index (κ3) is 3.53. The van der Waals surface area contributed by atoms with Gasteiger partial charge in [0.15, 0.2) is 0 Å². The maximum Gasteiger partial charge on any atom is 0.263 e. The minimum atomic E-state index is -0.378. The Hall–Kier alpha value is -2.54. The van der Waals surface area contributed by atoms with Crippen molar-refractivity contribution in [3.8, 4) is 0 Å². The zero-order valence-corrected chi connectivity index (χ0v) is 15.7. The number of hydrogen-bond donors (Lipinski definition) is 1. The molecule has 26 heavy (non-hydrogen) atoms. The standard InChI is InChI=1S/C19H25N5O2/c1-12-7-8-15(19(26)24(12)4)18(25)21-11-14-10-20-13(2)22-17(14)16-6-5-9-23(16)3/h7-8,10,16H,5-6,9,11H2,1-4H3,(H,21,25)/t16-/m1/s1. The first-order valence-electron chi connectivity index (χ1n) is 8.86. The topological polar surface area (TPSA) is 80.1 Å². The van der Waals surface area contributed by atoms with E-state index in [2.05, 4.69) is 27.2 Å². The van der Waals surface area contributed by atoms with Crippen LogP contribution in [0.4, 0.5) is 0 Å². The monoisotopic (exact) mass is 355 g/mol. The Balaban J connectivity index is 1.81. The van der Waals surface area contributed by atoms with E-state index in [4.69, 9.17) is 0 Å². The molecule has 0 spiro atoms. The van der Waals surface area contributed by atoms with Crippen molar-refractivity contribution in [2.24, 2.45) is 7.05 Å². The number of pyridine rings is 1. The van der Waals surface area contributed by atoms with Crippen LogP contribution < -0.4 is 10.9 Å². The summed E-state index contributed by atoms with van der Waals surface area (Å²) in [5.74, 6) is 0.347. The van der Waals surface area contributed by atoms with E-state index in [1.165, 1.54) is 4.57 Å². The average molecular weight is 355 g/mol. The number of likely N-dealkylation sites (tertiary alicyclic amines) is 1. The molecule has 0 aromatic carbocycles. The second kappa shape index (κ2) is 7.37. The van der Waals surface area contributed by atoms with E-state index in [1.54, 1.807) is 25.4 Å². The highest BCUT2D eigenvalue weighted by molar-refractivity contribution is 5.93. The Labute approximate surface area is 153 Å². The minimum absolute atomic E-state index is 0.144. The van der Waals surface area contributed by atoms with E-state index in [0.29, 0.717) is 6.54 Å². The summed E-state index contributed by atoms with van der Waals surface area (Å²) in [5.41, 5.74) is 2.52. The van der Waals surface area contributed by atoms with Gasteiger partial charge in [-0.05, 0) is 52.4 Å². The van der Waals surface area contributed by atoms with Crippen LogP contribution in [0.5, 0.6) is 0 Å². The molecule has 1 aliphatic rings. The molecule has 7 nitrogen and oxygen atoms in total. The quantitative estimate of drug-likeness (QED) is 0.899. The van der Waals surface area contributed by atoms with Gasteiger partial charge in [0, 0.05) is 31.0 Å². The van der Waals surface area contributed by atoms with Crippen LogP contribution >= 0.6 is 0 Å². The largest absolute Gasteiger partial charge is 0.348 e. The highest BCUT2D eigenvalue weighted by Gasteiger charge is 2.26. The van der Waals surface area contributed by atoms with E-state index in [1.807, 2.05) is 13.8 Å². The number of carbonyl (C=O) groups excluding carboxylic acids is 1. The average Bonchev–Trinajstić information content (AvgIpc) is 3.04. The number of rotatable bonds is 4. The molecular formula is C19H25N5O2. The Morgan fingerprint density at radius 2 is 2.08 bits per heavy atom. The van der Waals surface area contributed by atoms with Gasteiger partial charge in [0.05, 0.1) is 11.7 Å². The van der Waals surface area contributed by atoms with E-state index < -0.39 is 0 Å². The molecule has 2 aromatic rings. The van der Waals surface area contributed by atoms with Crippen LogP contribution in [0.2, 0.25) is 0 Å². The molecule has 3 heterocycles. The Morgan fingerprint density at radius 1 is 1.31 bits per heavy atom. The minimum Gasteiger partial charge on any atom is -0.348 e. The lowest BCUT2D eigenvalue weighted by Crippen LogP contribution is -2.33. The van der Waals surface area contributed by atoms with Gasteiger partial charge in [-0.3, -0.25) is 14.5 Å². The lowest BCUT2D eigenvalue weighted by Gasteiger charge is -2.21. The van der Waals surface area contributed by atoms with E-state index in [-0.39, 0.29) is 23.1 Å². The lowest BCUT2D eigenvalue weighted by atomic mass is 10.1. The van der Waals surface area contributed by atoms with Crippen molar-refractivity contribution in [2.45, 2.75) is 39.3 Å². The Bertz CT molecular complexity index is 890. The van der Waals surface area contributed by atoms with E-state index in [0.717, 1.165) is 42.2 Å². The van der Waals surface area contributed by atoms with E-state index in [9.17, 15) is 9.59 Å². The summed E-state index contributed by atoms with van der Waals surface area (Å²) in [6.07, 6.45) is 3.96. The molecule has 1 amide bonds. The van der Waals surface area contributed by atoms with Crippen LogP contribution in [0.15, 0.2) is 23.1 Å². The molecule has 0 aliphatic carbocycles. The highest BCUT2D eigenvalue weighted by atomic mass is 16.2. The van der Waals surface area contributed by atoms with Gasteiger partial charge in [-0.15, -0.1) is 0 Å². The van der Waals surface area contributed by atoms with Crippen LogP contribution in [-0.2, 0) is 13.6 Å². The zero-order chi connectivity index (χ0) is 18.8. The number of aromatic nitrogens is 3. The zero-order valence-electron chi connectivity index (χ0n) is 15.7. The van der Waals surface area contributed by atoms with Crippen molar-refractivity contribution in [2.75, 3.05) is 13.6 Å². The first-order valence-corrected chi connectivity index (χ1v) is 8.86. The summed E-state index contributed by atoms with van der Waals surface area (Å²) in [5, 5.41) is 2.85. The molecule has 3 rings (SSSR count). The summed E-state index contributed by atoms with van der Waals surface area (Å²) < 4.78 is 1.48. The molecule has 0 radical (unpaired) electrons. The van der Waals surface area contributed by atoms with Crippen molar-refractivity contribution in [3.63, 3.8) is 0 Å². The van der Waals surface area contributed by atoms with Gasteiger partial charge in [0.2, 0.25) is 0 Å². The van der Waals surface area contributed by atoms with Crippen molar-refractivity contribution in [1.29, 1.82) is 0 Å². The summed E-state index contributed by atoms with van der Waals surface area (Å²) in [6, 6.07) is 3.59. The second-order valence-electron chi connectivity index (χ2n) is 6.90. The molecule has 1 atom stereocenters. The van der Waals surface area contributed by atoms with Crippen LogP contribution in [0, 0.1) is 13.8 Å². The molecule has 0 unspecified atom stereocenters. The van der Waals surface area contributed by atoms with Crippen molar-refractivity contribution in [1.82, 2.24) is 24.8 Å². The van der Waals surface area contributed by atoms with Crippen LogP contribution in [-0.4, -0.2) is 38.9 Å². The lowest BCUT2D eigenvalue weighted by molar-refractivity contribution is 0.0948. The molecule has 1 fully saturated rings. The Morgan fingerprint density at radius 3 is 2.77 bits per heavy atom. The summed E-state index contributed by atoms with van der Waals surface area (Å²) in [4.78, 5) is 36.0. The maximum absolute atomic E-state index is 12.5. The third-order valence-electron chi connectivity index (χ3n) is 5.09. The first kappa shape index (κ1) is 18.3. The number of nitrogens with zero attached hydrogens (tertiary/aromatic N) is 4. The maximum atomic E-state index is 12.5. The fourth-order valence-electron chi connectivity index (χ4n) is 3.36. The number of aryl methyl sites for hydroxylation is 2. The smallest absolute Gasteiger partial charge is 0.263 e. The van der Waals surface area contributed by atoms with Gasteiger partial charge in [0.25, 0.3) is 11.5 Å². The number of carbonyl (C=O) groups is 1. The molecule has 0 bridgehead atoms. The third-order valence-corrected chi connectivity index (χ3v) is 5.09. The Kier molecular flexibility index (Phi) is 5.18. The summed E-state index contributed by atoms with van der Waals surface area (Å²) in [6.45, 7) is 5.04. The number of amides is 1. The predicted molar refractivity (Wildman–Crippen MR) is 99.0 cm³/mol. The van der Waals surface area contributed by atoms with Crippen molar-refractivity contribution in [3.05, 3.63) is 57.0 Å². The molecule has 1 aliphatic heterocycles. The normalized spacial score (nSPS) is 17.5. The molecule has 1 N–H and O–H groups in total. The highest BCUT2D eigenvalue weighted by Crippen LogP contribution is 2.30.